The lowest BCUT2D eigenvalue weighted by atomic mass is 10.1. The van der Waals surface area contributed by atoms with Gasteiger partial charge in [-0.3, -0.25) is 4.79 Å². The van der Waals surface area contributed by atoms with Crippen LogP contribution in [0, 0.1) is 0 Å². The highest BCUT2D eigenvalue weighted by Gasteiger charge is 2.17. The van der Waals surface area contributed by atoms with Crippen molar-refractivity contribution in [2.75, 3.05) is 6.61 Å². The lowest BCUT2D eigenvalue weighted by Crippen LogP contribution is -2.45. The van der Waals surface area contributed by atoms with Crippen LogP contribution >= 0.6 is 0 Å². The molecule has 1 amide bonds. The van der Waals surface area contributed by atoms with Gasteiger partial charge in [-0.2, -0.15) is 0 Å². The van der Waals surface area contributed by atoms with E-state index in [9.17, 15) is 15.0 Å². The first kappa shape index (κ1) is 33.6. The fraction of sp³-hybridized carbons (Fsp3) is 0.774. The minimum Gasteiger partial charge on any atom is -0.394 e. The molecule has 0 rings (SSSR count). The first-order chi connectivity index (χ1) is 17.2. The van der Waals surface area contributed by atoms with E-state index in [0.29, 0.717) is 6.42 Å². The molecular formula is C31H57NO3. The molecule has 0 aromatic heterocycles. The molecule has 0 spiro atoms. The molecule has 0 heterocycles. The molecule has 204 valence electrons. The molecule has 0 saturated heterocycles. The monoisotopic (exact) mass is 491 g/mol. The number of hydrogen-bond acceptors (Lipinski definition) is 3. The highest BCUT2D eigenvalue weighted by Crippen LogP contribution is 2.10. The van der Waals surface area contributed by atoms with Gasteiger partial charge in [0.1, 0.15) is 0 Å². The minimum absolute atomic E-state index is 0.114. The average Bonchev–Trinajstić information content (AvgIpc) is 2.86. The van der Waals surface area contributed by atoms with E-state index in [4.69, 9.17) is 0 Å². The number of carbonyl (C=O) groups is 1. The van der Waals surface area contributed by atoms with Gasteiger partial charge in [-0.1, -0.05) is 115 Å². The third kappa shape index (κ3) is 24.1. The van der Waals surface area contributed by atoms with Crippen molar-refractivity contribution in [2.24, 2.45) is 0 Å². The maximum atomic E-state index is 12.1. The lowest BCUT2D eigenvalue weighted by Gasteiger charge is -2.19. The molecule has 0 saturated carbocycles. The Hall–Kier alpha value is -1.39. The molecule has 35 heavy (non-hydrogen) atoms. The summed E-state index contributed by atoms with van der Waals surface area (Å²) in [5.74, 6) is -0.114. The maximum absolute atomic E-state index is 12.1. The van der Waals surface area contributed by atoms with Gasteiger partial charge in [0.2, 0.25) is 5.91 Å². The molecule has 0 aliphatic heterocycles. The van der Waals surface area contributed by atoms with Crippen molar-refractivity contribution in [2.45, 2.75) is 148 Å². The molecule has 0 bridgehead atoms. The fourth-order valence-electron chi connectivity index (χ4n) is 4.02. The van der Waals surface area contributed by atoms with Crippen molar-refractivity contribution in [1.82, 2.24) is 5.32 Å². The Balaban J connectivity index is 3.81. The molecule has 0 aliphatic carbocycles. The molecule has 0 radical (unpaired) electrons. The molecule has 4 nitrogen and oxygen atoms in total. The normalized spacial score (nSPS) is 13.8. The van der Waals surface area contributed by atoms with Crippen molar-refractivity contribution in [3.8, 4) is 0 Å². The second-order valence-corrected chi connectivity index (χ2v) is 9.80. The Morgan fingerprint density at radius 2 is 1.11 bits per heavy atom. The van der Waals surface area contributed by atoms with Gasteiger partial charge in [-0.15, -0.1) is 0 Å². The zero-order chi connectivity index (χ0) is 25.8. The first-order valence-electron chi connectivity index (χ1n) is 14.7. The smallest absolute Gasteiger partial charge is 0.220 e. The number of amides is 1. The Bertz CT molecular complexity index is 541. The number of nitrogens with one attached hydrogen (secondary N) is 1. The Labute approximate surface area is 217 Å². The van der Waals surface area contributed by atoms with Crippen LogP contribution < -0.4 is 5.32 Å². The molecule has 3 N–H and O–H groups in total. The molecule has 0 aliphatic rings. The van der Waals surface area contributed by atoms with E-state index in [0.717, 1.165) is 38.5 Å². The quantitative estimate of drug-likeness (QED) is 0.0896. The number of aliphatic hydroxyl groups is 2. The molecule has 0 aromatic carbocycles. The number of unbranched alkanes of at least 4 members (excludes halogenated alkanes) is 14. The highest BCUT2D eigenvalue weighted by molar-refractivity contribution is 5.76. The molecular weight excluding hydrogens is 434 g/mol. The van der Waals surface area contributed by atoms with Crippen LogP contribution in [-0.4, -0.2) is 34.9 Å². The third-order valence-corrected chi connectivity index (χ3v) is 6.35. The predicted molar refractivity (Wildman–Crippen MR) is 152 cm³/mol. The van der Waals surface area contributed by atoms with Crippen LogP contribution in [-0.2, 0) is 4.79 Å². The van der Waals surface area contributed by atoms with Crippen LogP contribution in [0.4, 0.5) is 0 Å². The van der Waals surface area contributed by atoms with Crippen LogP contribution in [0.25, 0.3) is 0 Å². The fourth-order valence-corrected chi connectivity index (χ4v) is 4.02. The van der Waals surface area contributed by atoms with Gasteiger partial charge in [-0.25, -0.2) is 0 Å². The average molecular weight is 492 g/mol. The van der Waals surface area contributed by atoms with Crippen LogP contribution in [0.5, 0.6) is 0 Å². The first-order valence-corrected chi connectivity index (χ1v) is 14.7. The van der Waals surface area contributed by atoms with Crippen LogP contribution in [0.15, 0.2) is 36.5 Å². The summed E-state index contributed by atoms with van der Waals surface area (Å²) in [4.78, 5) is 12.1. The number of hydrogen-bond donors (Lipinski definition) is 3. The van der Waals surface area contributed by atoms with Crippen molar-refractivity contribution in [1.29, 1.82) is 0 Å². The Kier molecular flexibility index (Phi) is 26.1. The number of carbonyl (C=O) groups excluding carboxylic acids is 1. The van der Waals surface area contributed by atoms with E-state index in [1.807, 2.05) is 6.08 Å². The van der Waals surface area contributed by atoms with E-state index >= 15 is 0 Å². The summed E-state index contributed by atoms with van der Waals surface area (Å²) in [5.41, 5.74) is 0. The molecule has 0 aromatic rings. The van der Waals surface area contributed by atoms with Gasteiger partial charge in [0.25, 0.3) is 0 Å². The van der Waals surface area contributed by atoms with Crippen molar-refractivity contribution in [3.05, 3.63) is 36.5 Å². The summed E-state index contributed by atoms with van der Waals surface area (Å²) in [7, 11) is 0. The highest BCUT2D eigenvalue weighted by atomic mass is 16.3. The van der Waals surface area contributed by atoms with Crippen molar-refractivity contribution < 1.29 is 15.0 Å². The van der Waals surface area contributed by atoms with Gasteiger partial charge in [-0.05, 0) is 51.4 Å². The van der Waals surface area contributed by atoms with E-state index in [1.165, 1.54) is 77.0 Å². The zero-order valence-corrected chi connectivity index (χ0v) is 23.1. The summed E-state index contributed by atoms with van der Waals surface area (Å²) in [6.07, 6.45) is 33.6. The van der Waals surface area contributed by atoms with E-state index in [-0.39, 0.29) is 12.5 Å². The van der Waals surface area contributed by atoms with Gasteiger partial charge in [0.15, 0.2) is 0 Å². The zero-order valence-electron chi connectivity index (χ0n) is 23.1. The van der Waals surface area contributed by atoms with Crippen molar-refractivity contribution in [3.63, 3.8) is 0 Å². The SMILES string of the molecule is CCCCCC/C=C\CCCC(=O)NC(CO)C(O)/C=C/CC/C=C/CCCCCCCCCC. The van der Waals surface area contributed by atoms with Gasteiger partial charge < -0.3 is 15.5 Å². The second-order valence-electron chi connectivity index (χ2n) is 9.80. The van der Waals surface area contributed by atoms with Crippen LogP contribution in [0.2, 0.25) is 0 Å². The summed E-state index contributed by atoms with van der Waals surface area (Å²) in [6, 6.07) is -0.648. The van der Waals surface area contributed by atoms with Gasteiger partial charge in [0.05, 0.1) is 18.8 Å². The van der Waals surface area contributed by atoms with Gasteiger partial charge in [0, 0.05) is 6.42 Å². The van der Waals surface area contributed by atoms with E-state index in [2.05, 4.69) is 43.5 Å². The summed E-state index contributed by atoms with van der Waals surface area (Å²) < 4.78 is 0. The third-order valence-electron chi connectivity index (χ3n) is 6.35. The topological polar surface area (TPSA) is 69.6 Å². The second kappa shape index (κ2) is 27.2. The number of aliphatic hydroxyl groups excluding tert-OH is 2. The predicted octanol–water partition coefficient (Wildman–Crippen LogP) is 7.94. The van der Waals surface area contributed by atoms with E-state index in [1.54, 1.807) is 6.08 Å². The van der Waals surface area contributed by atoms with Crippen LogP contribution in [0.1, 0.15) is 136 Å². The van der Waals surface area contributed by atoms with Crippen molar-refractivity contribution >= 4 is 5.91 Å². The van der Waals surface area contributed by atoms with E-state index < -0.39 is 12.1 Å². The number of allylic oxidation sites excluding steroid dienone is 5. The Morgan fingerprint density at radius 1 is 0.657 bits per heavy atom. The van der Waals surface area contributed by atoms with Gasteiger partial charge >= 0.3 is 0 Å². The summed E-state index contributed by atoms with van der Waals surface area (Å²) in [5, 5.41) is 22.6. The lowest BCUT2D eigenvalue weighted by molar-refractivity contribution is -0.122. The molecule has 2 unspecified atom stereocenters. The minimum atomic E-state index is -0.867. The maximum Gasteiger partial charge on any atom is 0.220 e. The number of rotatable bonds is 25. The Morgan fingerprint density at radius 3 is 1.69 bits per heavy atom. The largest absolute Gasteiger partial charge is 0.394 e. The van der Waals surface area contributed by atoms with Crippen LogP contribution in [0.3, 0.4) is 0 Å². The molecule has 2 atom stereocenters. The summed E-state index contributed by atoms with van der Waals surface area (Å²) in [6.45, 7) is 4.21. The summed E-state index contributed by atoms with van der Waals surface area (Å²) >= 11 is 0. The standard InChI is InChI=1S/C31H57NO3/c1-3-5-7-9-11-13-14-15-16-17-19-20-22-24-26-30(34)29(28-33)32-31(35)27-25-23-21-18-12-10-8-6-4-2/h17-19,21,24,26,29-30,33-34H,3-16,20,22-23,25,27-28H2,1-2H3,(H,32,35)/b19-17+,21-18-,26-24+. The molecule has 0 fully saturated rings. The molecule has 4 heteroatoms.